The fourth-order valence-corrected chi connectivity index (χ4v) is 3.08. The second-order valence-electron chi connectivity index (χ2n) is 5.32. The minimum absolute atomic E-state index is 0.229. The minimum Gasteiger partial charge on any atom is -0.344 e. The average Bonchev–Trinajstić information content (AvgIpc) is 3.16. The van der Waals surface area contributed by atoms with Crippen LogP contribution in [-0.2, 0) is 0 Å². The molecule has 3 aromatic rings. The first-order valence-electron chi connectivity index (χ1n) is 7.21. The van der Waals surface area contributed by atoms with Crippen LogP contribution < -0.4 is 5.32 Å². The first-order valence-corrected chi connectivity index (χ1v) is 8.03. The fraction of sp³-hybridized carbons (Fsp3) is 0.176. The van der Waals surface area contributed by atoms with E-state index in [4.69, 9.17) is 0 Å². The van der Waals surface area contributed by atoms with Gasteiger partial charge in [0.15, 0.2) is 5.69 Å². The number of benzene rings is 1. The van der Waals surface area contributed by atoms with E-state index in [2.05, 4.69) is 15.5 Å². The number of carbonyl (C=O) groups is 1. The molecule has 0 radical (unpaired) electrons. The van der Waals surface area contributed by atoms with Gasteiger partial charge in [0.25, 0.3) is 5.91 Å². The van der Waals surface area contributed by atoms with E-state index < -0.39 is 0 Å². The first-order chi connectivity index (χ1) is 11.0. The maximum absolute atomic E-state index is 12.9. The van der Waals surface area contributed by atoms with Crippen molar-refractivity contribution in [3.63, 3.8) is 0 Å². The van der Waals surface area contributed by atoms with E-state index in [1.54, 1.807) is 29.5 Å². The van der Waals surface area contributed by atoms with Crippen LogP contribution in [0.2, 0.25) is 0 Å². The number of H-pyrrole nitrogens is 1. The molecule has 2 heterocycles. The van der Waals surface area contributed by atoms with Crippen molar-refractivity contribution in [1.82, 2.24) is 15.5 Å². The van der Waals surface area contributed by atoms with Gasteiger partial charge in [0.2, 0.25) is 0 Å². The molecule has 1 amide bonds. The maximum atomic E-state index is 12.9. The number of nitrogens with one attached hydrogen (secondary N) is 2. The van der Waals surface area contributed by atoms with Crippen LogP contribution in [0.1, 0.15) is 33.9 Å². The SMILES string of the molecule is Cc1ccc(-c2cc(C(=O)N[C@H](C)c3ccc(F)cc3)n[nH]2)s1. The first kappa shape index (κ1) is 15.4. The van der Waals surface area contributed by atoms with E-state index in [0.717, 1.165) is 16.1 Å². The largest absolute Gasteiger partial charge is 0.344 e. The van der Waals surface area contributed by atoms with Gasteiger partial charge in [-0.1, -0.05) is 12.1 Å². The van der Waals surface area contributed by atoms with E-state index in [1.165, 1.54) is 17.0 Å². The van der Waals surface area contributed by atoms with Gasteiger partial charge in [-0.05, 0) is 49.7 Å². The number of amides is 1. The Morgan fingerprint density at radius 1 is 1.26 bits per heavy atom. The van der Waals surface area contributed by atoms with Crippen molar-refractivity contribution in [1.29, 1.82) is 0 Å². The molecule has 0 spiro atoms. The molecule has 0 aliphatic heterocycles. The topological polar surface area (TPSA) is 57.8 Å². The molecular formula is C17H16FN3OS. The second-order valence-corrected chi connectivity index (χ2v) is 6.61. The number of hydrogen-bond acceptors (Lipinski definition) is 3. The molecule has 0 unspecified atom stereocenters. The third kappa shape index (κ3) is 3.48. The Morgan fingerprint density at radius 3 is 2.65 bits per heavy atom. The number of thiophene rings is 1. The Morgan fingerprint density at radius 2 is 2.00 bits per heavy atom. The van der Waals surface area contributed by atoms with Gasteiger partial charge in [-0.3, -0.25) is 9.89 Å². The fourth-order valence-electron chi connectivity index (χ4n) is 2.25. The molecule has 0 saturated carbocycles. The molecule has 1 aromatic carbocycles. The van der Waals surface area contributed by atoms with Crippen molar-refractivity contribution in [2.24, 2.45) is 0 Å². The zero-order valence-corrected chi connectivity index (χ0v) is 13.6. The monoisotopic (exact) mass is 329 g/mol. The van der Waals surface area contributed by atoms with Gasteiger partial charge in [0.05, 0.1) is 16.6 Å². The predicted molar refractivity (Wildman–Crippen MR) is 88.9 cm³/mol. The van der Waals surface area contributed by atoms with Gasteiger partial charge < -0.3 is 5.32 Å². The lowest BCUT2D eigenvalue weighted by Crippen LogP contribution is -2.26. The zero-order chi connectivity index (χ0) is 16.4. The summed E-state index contributed by atoms with van der Waals surface area (Å²) in [4.78, 5) is 14.5. The Hall–Kier alpha value is -2.47. The number of aryl methyl sites for hydroxylation is 1. The summed E-state index contributed by atoms with van der Waals surface area (Å²) >= 11 is 1.64. The number of carbonyl (C=O) groups excluding carboxylic acids is 1. The highest BCUT2D eigenvalue weighted by Crippen LogP contribution is 2.26. The zero-order valence-electron chi connectivity index (χ0n) is 12.8. The molecule has 118 valence electrons. The van der Waals surface area contributed by atoms with E-state index in [0.29, 0.717) is 5.69 Å². The smallest absolute Gasteiger partial charge is 0.272 e. The molecule has 0 aliphatic carbocycles. The van der Waals surface area contributed by atoms with Crippen LogP contribution in [0.25, 0.3) is 10.6 Å². The number of aromatic nitrogens is 2. The third-order valence-electron chi connectivity index (χ3n) is 3.53. The standard InChI is InChI=1S/C17H16FN3OS/c1-10-3-8-16(23-10)14-9-15(21-20-14)17(22)19-11(2)12-4-6-13(18)7-5-12/h3-9,11H,1-2H3,(H,19,22)(H,20,21)/t11-/m1/s1. The van der Waals surface area contributed by atoms with Crippen LogP contribution in [0.15, 0.2) is 42.5 Å². The summed E-state index contributed by atoms with van der Waals surface area (Å²) in [5.41, 5.74) is 1.99. The number of aromatic amines is 1. The predicted octanol–water partition coefficient (Wildman–Crippen LogP) is 4.08. The second kappa shape index (κ2) is 6.34. The molecule has 0 fully saturated rings. The summed E-state index contributed by atoms with van der Waals surface area (Å²) in [6.07, 6.45) is 0. The number of rotatable bonds is 4. The van der Waals surface area contributed by atoms with Gasteiger partial charge in [0.1, 0.15) is 5.82 Å². The molecule has 23 heavy (non-hydrogen) atoms. The Balaban J connectivity index is 1.71. The molecule has 6 heteroatoms. The molecule has 3 rings (SSSR count). The summed E-state index contributed by atoms with van der Waals surface area (Å²) in [6.45, 7) is 3.88. The molecule has 0 aliphatic rings. The van der Waals surface area contributed by atoms with E-state index in [1.807, 2.05) is 26.0 Å². The molecular weight excluding hydrogens is 313 g/mol. The van der Waals surface area contributed by atoms with Gasteiger partial charge in [-0.15, -0.1) is 11.3 Å². The maximum Gasteiger partial charge on any atom is 0.272 e. The van der Waals surface area contributed by atoms with Crippen molar-refractivity contribution in [3.8, 4) is 10.6 Å². The Labute approximate surface area is 137 Å². The van der Waals surface area contributed by atoms with Crippen LogP contribution in [0.3, 0.4) is 0 Å². The van der Waals surface area contributed by atoms with Crippen molar-refractivity contribution in [3.05, 3.63) is 64.4 Å². The third-order valence-corrected chi connectivity index (χ3v) is 4.57. The van der Waals surface area contributed by atoms with E-state index >= 15 is 0 Å². The summed E-state index contributed by atoms with van der Waals surface area (Å²) in [5, 5.41) is 9.82. The Bertz CT molecular complexity index is 822. The van der Waals surface area contributed by atoms with Crippen molar-refractivity contribution < 1.29 is 9.18 Å². The summed E-state index contributed by atoms with van der Waals surface area (Å²) in [6, 6.07) is 11.6. The number of nitrogens with zero attached hydrogens (tertiary/aromatic N) is 1. The van der Waals surface area contributed by atoms with Gasteiger partial charge in [0, 0.05) is 4.88 Å². The van der Waals surface area contributed by atoms with Crippen molar-refractivity contribution in [2.45, 2.75) is 19.9 Å². The average molecular weight is 329 g/mol. The molecule has 0 saturated heterocycles. The van der Waals surface area contributed by atoms with E-state index in [-0.39, 0.29) is 17.8 Å². The molecule has 4 nitrogen and oxygen atoms in total. The molecule has 2 N–H and O–H groups in total. The van der Waals surface area contributed by atoms with Crippen molar-refractivity contribution in [2.75, 3.05) is 0 Å². The lowest BCUT2D eigenvalue weighted by Gasteiger charge is -2.13. The van der Waals surface area contributed by atoms with Crippen LogP contribution in [0, 0.1) is 12.7 Å². The number of hydrogen-bond donors (Lipinski definition) is 2. The Kier molecular flexibility index (Phi) is 4.25. The van der Waals surface area contributed by atoms with Gasteiger partial charge in [-0.2, -0.15) is 5.10 Å². The lowest BCUT2D eigenvalue weighted by molar-refractivity contribution is 0.0935. The number of halogens is 1. The summed E-state index contributed by atoms with van der Waals surface area (Å²) < 4.78 is 12.9. The van der Waals surface area contributed by atoms with Gasteiger partial charge >= 0.3 is 0 Å². The van der Waals surface area contributed by atoms with Crippen LogP contribution in [0.5, 0.6) is 0 Å². The van der Waals surface area contributed by atoms with E-state index in [9.17, 15) is 9.18 Å². The van der Waals surface area contributed by atoms with Crippen molar-refractivity contribution >= 4 is 17.2 Å². The normalized spacial score (nSPS) is 12.1. The molecule has 1 atom stereocenters. The minimum atomic E-state index is -0.296. The van der Waals surface area contributed by atoms with Crippen LogP contribution >= 0.6 is 11.3 Å². The summed E-state index contributed by atoms with van der Waals surface area (Å²) in [5.74, 6) is -0.562. The molecule has 0 bridgehead atoms. The van der Waals surface area contributed by atoms with Crippen LogP contribution in [-0.4, -0.2) is 16.1 Å². The summed E-state index contributed by atoms with van der Waals surface area (Å²) in [7, 11) is 0. The van der Waals surface area contributed by atoms with Gasteiger partial charge in [-0.25, -0.2) is 4.39 Å². The quantitative estimate of drug-likeness (QED) is 0.758. The lowest BCUT2D eigenvalue weighted by atomic mass is 10.1. The highest BCUT2D eigenvalue weighted by molar-refractivity contribution is 7.15. The highest BCUT2D eigenvalue weighted by atomic mass is 32.1. The highest BCUT2D eigenvalue weighted by Gasteiger charge is 2.15. The van der Waals surface area contributed by atoms with Crippen LogP contribution in [0.4, 0.5) is 4.39 Å². The molecule has 2 aromatic heterocycles.